The number of fused-ring (bicyclic) bond motifs is 1. The van der Waals surface area contributed by atoms with Crippen LogP contribution in [-0.2, 0) is 12.0 Å². The van der Waals surface area contributed by atoms with Crippen LogP contribution in [0.25, 0.3) is 22.3 Å². The fourth-order valence-electron chi connectivity index (χ4n) is 3.51. The third-order valence-electron chi connectivity index (χ3n) is 5.34. The molecule has 0 spiro atoms. The number of allylic oxidation sites excluding steroid dienone is 1. The molecule has 4 aromatic rings. The van der Waals surface area contributed by atoms with E-state index in [9.17, 15) is 4.79 Å². The van der Waals surface area contributed by atoms with Gasteiger partial charge in [0.05, 0.1) is 16.2 Å². The first-order chi connectivity index (χ1) is 15.3. The molecular weight excluding hydrogens is 418 g/mol. The molecule has 7 heteroatoms. The summed E-state index contributed by atoms with van der Waals surface area (Å²) >= 11 is 1.51. The van der Waals surface area contributed by atoms with Crippen molar-refractivity contribution < 1.29 is 0 Å². The molecule has 0 aliphatic carbocycles. The van der Waals surface area contributed by atoms with Crippen LogP contribution in [0.2, 0.25) is 0 Å². The minimum absolute atomic E-state index is 0.0908. The third kappa shape index (κ3) is 4.39. The maximum Gasteiger partial charge on any atom is 0.258 e. The summed E-state index contributed by atoms with van der Waals surface area (Å²) in [6.45, 7) is 13.1. The van der Waals surface area contributed by atoms with Crippen molar-refractivity contribution >= 4 is 22.7 Å². The zero-order valence-electron chi connectivity index (χ0n) is 18.8. The molecule has 32 heavy (non-hydrogen) atoms. The van der Waals surface area contributed by atoms with Crippen molar-refractivity contribution in [3.8, 4) is 11.4 Å². The van der Waals surface area contributed by atoms with E-state index in [2.05, 4.69) is 71.8 Å². The van der Waals surface area contributed by atoms with Crippen molar-refractivity contribution in [1.82, 2.24) is 24.7 Å². The van der Waals surface area contributed by atoms with Gasteiger partial charge in [0.15, 0.2) is 11.0 Å². The number of benzene rings is 2. The van der Waals surface area contributed by atoms with Gasteiger partial charge in [0.1, 0.15) is 5.82 Å². The fourth-order valence-corrected chi connectivity index (χ4v) is 4.43. The van der Waals surface area contributed by atoms with Gasteiger partial charge < -0.3 is 4.98 Å². The summed E-state index contributed by atoms with van der Waals surface area (Å²) in [6.07, 6.45) is 1.83. The highest BCUT2D eigenvalue weighted by Crippen LogP contribution is 2.34. The molecule has 0 radical (unpaired) electrons. The lowest BCUT2D eigenvalue weighted by molar-refractivity contribution is 0.590. The number of hydrogen-bond acceptors (Lipinski definition) is 5. The van der Waals surface area contributed by atoms with E-state index in [1.54, 1.807) is 6.07 Å². The van der Waals surface area contributed by atoms with Gasteiger partial charge >= 0.3 is 0 Å². The summed E-state index contributed by atoms with van der Waals surface area (Å²) < 4.78 is 2.04. The number of aromatic amines is 1. The molecule has 164 valence electrons. The van der Waals surface area contributed by atoms with Crippen molar-refractivity contribution in [1.29, 1.82) is 0 Å². The highest BCUT2D eigenvalue weighted by molar-refractivity contribution is 7.99. The average molecular weight is 446 g/mol. The Hall–Kier alpha value is -3.19. The molecule has 0 aliphatic heterocycles. The highest BCUT2D eigenvalue weighted by Gasteiger charge is 2.20. The summed E-state index contributed by atoms with van der Waals surface area (Å²) in [5, 5.41) is 10.1. The van der Waals surface area contributed by atoms with Crippen LogP contribution in [0.15, 0.2) is 71.1 Å². The number of rotatable bonds is 6. The molecular formula is C25H27N5OS. The highest BCUT2D eigenvalue weighted by atomic mass is 32.2. The SMILES string of the molecule is C=CCn1c(SC(C)c2nc3ccccc3c(=O)[nH]2)nnc1-c1ccc(C(C)(C)C)cc1. The molecule has 0 aliphatic rings. The normalized spacial score (nSPS) is 12.8. The van der Waals surface area contributed by atoms with Crippen LogP contribution >= 0.6 is 11.8 Å². The molecule has 4 rings (SSSR count). The van der Waals surface area contributed by atoms with Crippen LogP contribution in [-0.4, -0.2) is 24.7 Å². The van der Waals surface area contributed by atoms with Crippen molar-refractivity contribution in [2.45, 2.75) is 50.1 Å². The van der Waals surface area contributed by atoms with Crippen LogP contribution in [0.5, 0.6) is 0 Å². The third-order valence-corrected chi connectivity index (χ3v) is 6.43. The Labute approximate surface area is 191 Å². The Kier molecular flexibility index (Phi) is 6.02. The van der Waals surface area contributed by atoms with Crippen molar-refractivity contribution in [2.75, 3.05) is 0 Å². The van der Waals surface area contributed by atoms with Crippen molar-refractivity contribution in [3.05, 3.63) is 82.9 Å². The van der Waals surface area contributed by atoms with E-state index in [-0.39, 0.29) is 16.2 Å². The topological polar surface area (TPSA) is 76.5 Å². The van der Waals surface area contributed by atoms with Gasteiger partial charge in [-0.1, -0.05) is 75.0 Å². The van der Waals surface area contributed by atoms with E-state index >= 15 is 0 Å². The molecule has 0 saturated carbocycles. The van der Waals surface area contributed by atoms with E-state index < -0.39 is 0 Å². The number of nitrogens with one attached hydrogen (secondary N) is 1. The molecule has 6 nitrogen and oxygen atoms in total. The van der Waals surface area contributed by atoms with Crippen LogP contribution in [0, 0.1) is 0 Å². The fraction of sp³-hybridized carbons (Fsp3) is 0.280. The summed E-state index contributed by atoms with van der Waals surface area (Å²) in [5.74, 6) is 1.41. The Morgan fingerprint density at radius 2 is 1.84 bits per heavy atom. The zero-order chi connectivity index (χ0) is 22.9. The lowest BCUT2D eigenvalue weighted by atomic mass is 9.87. The number of hydrogen-bond donors (Lipinski definition) is 1. The predicted octanol–water partition coefficient (Wildman–Crippen LogP) is 5.52. The quantitative estimate of drug-likeness (QED) is 0.312. The van der Waals surface area contributed by atoms with Gasteiger partial charge in [-0.2, -0.15) is 0 Å². The maximum absolute atomic E-state index is 12.5. The van der Waals surface area contributed by atoms with Crippen molar-refractivity contribution in [3.63, 3.8) is 0 Å². The number of aromatic nitrogens is 5. The first kappa shape index (κ1) is 22.0. The standard InChI is InChI=1S/C25H27N5OS/c1-6-15-30-22(17-11-13-18(14-12-17)25(3,4)5)28-29-24(30)32-16(2)21-26-20-10-8-7-9-19(20)23(31)27-21/h6-14,16H,1,15H2,2-5H3,(H,26,27,31). The molecule has 1 atom stereocenters. The minimum Gasteiger partial charge on any atom is -0.309 e. The van der Waals surface area contributed by atoms with Gasteiger partial charge in [-0.15, -0.1) is 16.8 Å². The Morgan fingerprint density at radius 1 is 1.12 bits per heavy atom. The van der Waals surface area contributed by atoms with Crippen LogP contribution < -0.4 is 5.56 Å². The summed E-state index contributed by atoms with van der Waals surface area (Å²) in [7, 11) is 0. The largest absolute Gasteiger partial charge is 0.309 e. The van der Waals surface area contributed by atoms with Crippen LogP contribution in [0.1, 0.15) is 44.3 Å². The predicted molar refractivity (Wildman–Crippen MR) is 131 cm³/mol. The van der Waals surface area contributed by atoms with E-state index in [4.69, 9.17) is 0 Å². The lowest BCUT2D eigenvalue weighted by Crippen LogP contribution is -2.13. The number of nitrogens with zero attached hydrogens (tertiary/aromatic N) is 4. The van der Waals surface area contributed by atoms with Crippen LogP contribution in [0.4, 0.5) is 0 Å². The van der Waals surface area contributed by atoms with E-state index in [1.807, 2.05) is 35.8 Å². The van der Waals surface area contributed by atoms with E-state index in [0.717, 1.165) is 16.5 Å². The molecule has 2 aromatic heterocycles. The molecule has 0 bridgehead atoms. The first-order valence-electron chi connectivity index (χ1n) is 10.6. The zero-order valence-corrected chi connectivity index (χ0v) is 19.6. The smallest absolute Gasteiger partial charge is 0.258 e. The second-order valence-corrected chi connectivity index (χ2v) is 10.1. The summed E-state index contributed by atoms with van der Waals surface area (Å²) in [4.78, 5) is 20.0. The lowest BCUT2D eigenvalue weighted by Gasteiger charge is -2.19. The Morgan fingerprint density at radius 3 is 2.53 bits per heavy atom. The Bertz CT molecular complexity index is 1310. The molecule has 0 fully saturated rings. The van der Waals surface area contributed by atoms with Gasteiger partial charge in [-0.05, 0) is 30.0 Å². The number of thioether (sulfide) groups is 1. The summed E-state index contributed by atoms with van der Waals surface area (Å²) in [6, 6.07) is 15.8. The van der Waals surface area contributed by atoms with Crippen LogP contribution in [0.3, 0.4) is 0 Å². The molecule has 2 aromatic carbocycles. The van der Waals surface area contributed by atoms with Gasteiger partial charge in [0.25, 0.3) is 5.56 Å². The molecule has 1 N–H and O–H groups in total. The molecule has 0 amide bonds. The second kappa shape index (κ2) is 8.74. The maximum atomic E-state index is 12.5. The van der Waals surface area contributed by atoms with E-state index in [1.165, 1.54) is 17.3 Å². The minimum atomic E-state index is -0.134. The van der Waals surface area contributed by atoms with E-state index in [0.29, 0.717) is 23.3 Å². The number of H-pyrrole nitrogens is 1. The number of para-hydroxylation sites is 1. The van der Waals surface area contributed by atoms with Crippen molar-refractivity contribution in [2.24, 2.45) is 0 Å². The Balaban J connectivity index is 1.65. The monoisotopic (exact) mass is 445 g/mol. The summed E-state index contributed by atoms with van der Waals surface area (Å²) in [5.41, 5.74) is 2.92. The van der Waals surface area contributed by atoms with Gasteiger partial charge in [0.2, 0.25) is 0 Å². The second-order valence-electron chi connectivity index (χ2n) is 8.76. The first-order valence-corrected chi connectivity index (χ1v) is 11.5. The molecule has 1 unspecified atom stereocenters. The van der Waals surface area contributed by atoms with Gasteiger partial charge in [0, 0.05) is 12.1 Å². The molecule has 2 heterocycles. The van der Waals surface area contributed by atoms with Gasteiger partial charge in [-0.3, -0.25) is 9.36 Å². The average Bonchev–Trinajstić information content (AvgIpc) is 3.15. The molecule has 0 saturated heterocycles. The van der Waals surface area contributed by atoms with Gasteiger partial charge in [-0.25, -0.2) is 4.98 Å².